The third-order valence-electron chi connectivity index (χ3n) is 5.45. The molecule has 0 unspecified atom stereocenters. The van der Waals surface area contributed by atoms with Gasteiger partial charge in [-0.1, -0.05) is 19.1 Å². The molecule has 0 spiro atoms. The third kappa shape index (κ3) is 2.93. The van der Waals surface area contributed by atoms with E-state index in [9.17, 15) is 18.0 Å². The van der Waals surface area contributed by atoms with Gasteiger partial charge in [0.2, 0.25) is 0 Å². The highest BCUT2D eigenvalue weighted by Gasteiger charge is 2.48. The predicted octanol–water partition coefficient (Wildman–Crippen LogP) is 3.70. The number of aryl methyl sites for hydroxylation is 1. The highest BCUT2D eigenvalue weighted by Crippen LogP contribution is 2.51. The molecule has 8 heteroatoms. The number of halogens is 3. The lowest BCUT2D eigenvalue weighted by Gasteiger charge is -2.46. The van der Waals surface area contributed by atoms with Gasteiger partial charge in [-0.05, 0) is 42.5 Å². The maximum Gasteiger partial charge on any atom is 0.417 e. The maximum absolute atomic E-state index is 13.1. The van der Waals surface area contributed by atoms with Crippen LogP contribution in [0.2, 0.25) is 0 Å². The number of alkyl halides is 3. The molecule has 0 atom stereocenters. The summed E-state index contributed by atoms with van der Waals surface area (Å²) in [7, 11) is 1.88. The van der Waals surface area contributed by atoms with Crippen LogP contribution in [0.4, 0.5) is 13.2 Å². The summed E-state index contributed by atoms with van der Waals surface area (Å²) in [4.78, 5) is 12.2. The summed E-state index contributed by atoms with van der Waals surface area (Å²) >= 11 is 0. The van der Waals surface area contributed by atoms with Gasteiger partial charge in [0, 0.05) is 25.0 Å². The number of rotatable bonds is 3. The zero-order valence-corrected chi connectivity index (χ0v) is 15.4. The van der Waals surface area contributed by atoms with Crippen LogP contribution < -0.4 is 5.56 Å². The van der Waals surface area contributed by atoms with Crippen LogP contribution in [0.3, 0.4) is 0 Å². The van der Waals surface area contributed by atoms with Gasteiger partial charge in [-0.25, -0.2) is 0 Å². The van der Waals surface area contributed by atoms with Gasteiger partial charge < -0.3 is 4.57 Å². The first-order valence-electron chi connectivity index (χ1n) is 8.96. The second-order valence-corrected chi connectivity index (χ2v) is 7.54. The summed E-state index contributed by atoms with van der Waals surface area (Å²) in [5.41, 5.74) is -0.415. The van der Waals surface area contributed by atoms with Gasteiger partial charge in [0.1, 0.15) is 12.2 Å². The van der Waals surface area contributed by atoms with Gasteiger partial charge in [0.25, 0.3) is 5.56 Å². The largest absolute Gasteiger partial charge is 0.417 e. The Labute approximate surface area is 159 Å². The molecule has 28 heavy (non-hydrogen) atoms. The Morgan fingerprint density at radius 3 is 2.54 bits per heavy atom. The summed E-state index contributed by atoms with van der Waals surface area (Å²) < 4.78 is 42.2. The fourth-order valence-corrected chi connectivity index (χ4v) is 4.20. The lowest BCUT2D eigenvalue weighted by molar-refractivity contribution is -0.138. The molecule has 2 heterocycles. The third-order valence-corrected chi connectivity index (χ3v) is 5.45. The second kappa shape index (κ2) is 6.32. The zero-order valence-electron chi connectivity index (χ0n) is 15.4. The molecule has 146 valence electrons. The van der Waals surface area contributed by atoms with Gasteiger partial charge in [-0.3, -0.25) is 9.36 Å². The molecule has 5 nitrogen and oxygen atoms in total. The van der Waals surface area contributed by atoms with E-state index in [0.29, 0.717) is 11.6 Å². The number of hydrogen-bond donors (Lipinski definition) is 0. The summed E-state index contributed by atoms with van der Waals surface area (Å²) in [6.07, 6.45) is -0.307. The van der Waals surface area contributed by atoms with Crippen molar-refractivity contribution in [3.63, 3.8) is 0 Å². The Bertz CT molecular complexity index is 1080. The predicted molar refractivity (Wildman–Crippen MR) is 97.2 cm³/mol. The molecule has 0 radical (unpaired) electrons. The summed E-state index contributed by atoms with van der Waals surface area (Å²) in [5, 5.41) is 8.27. The van der Waals surface area contributed by atoms with E-state index in [-0.39, 0.29) is 5.41 Å². The normalized spacial score (nSPS) is 22.1. The first kappa shape index (κ1) is 18.5. The Morgan fingerprint density at radius 2 is 1.93 bits per heavy atom. The van der Waals surface area contributed by atoms with Gasteiger partial charge in [-0.15, -0.1) is 10.2 Å². The molecular formula is C20H19F3N4O. The molecule has 1 aliphatic rings. The van der Waals surface area contributed by atoms with Crippen molar-refractivity contribution in [1.82, 2.24) is 19.3 Å². The number of aromatic nitrogens is 4. The summed E-state index contributed by atoms with van der Waals surface area (Å²) in [6.45, 7) is 2.15. The average molecular weight is 388 g/mol. The van der Waals surface area contributed by atoms with E-state index in [2.05, 4.69) is 17.1 Å². The Morgan fingerprint density at radius 1 is 1.18 bits per heavy atom. The van der Waals surface area contributed by atoms with Crippen LogP contribution in [0.15, 0.2) is 53.7 Å². The monoisotopic (exact) mass is 388 g/mol. The molecule has 0 aliphatic heterocycles. The smallest absolute Gasteiger partial charge is 0.320 e. The molecule has 1 aliphatic carbocycles. The van der Waals surface area contributed by atoms with Crippen molar-refractivity contribution in [2.75, 3.05) is 0 Å². The van der Waals surface area contributed by atoms with Crippen molar-refractivity contribution in [2.24, 2.45) is 13.0 Å². The SMILES string of the molecule is CC1CC(c2cccc(-n3cc(C(F)(F)F)ccc3=O)c2)(c2nncn2C)C1. The van der Waals surface area contributed by atoms with Gasteiger partial charge in [0.05, 0.1) is 11.0 Å². The molecule has 0 N–H and O–H groups in total. The van der Waals surface area contributed by atoms with E-state index in [0.717, 1.165) is 47.1 Å². The van der Waals surface area contributed by atoms with E-state index < -0.39 is 17.3 Å². The van der Waals surface area contributed by atoms with Crippen molar-refractivity contribution in [2.45, 2.75) is 31.4 Å². The fraction of sp³-hybridized carbons (Fsp3) is 0.350. The molecule has 0 amide bonds. The van der Waals surface area contributed by atoms with Gasteiger partial charge in [-0.2, -0.15) is 13.2 Å². The minimum absolute atomic E-state index is 0.355. The van der Waals surface area contributed by atoms with Crippen LogP contribution >= 0.6 is 0 Å². The van der Waals surface area contributed by atoms with E-state index in [1.54, 1.807) is 24.5 Å². The molecule has 0 bridgehead atoms. The summed E-state index contributed by atoms with van der Waals surface area (Å²) in [5.74, 6) is 1.32. The maximum atomic E-state index is 13.1. The minimum Gasteiger partial charge on any atom is -0.320 e. The van der Waals surface area contributed by atoms with E-state index in [4.69, 9.17) is 0 Å². The fourth-order valence-electron chi connectivity index (χ4n) is 4.20. The van der Waals surface area contributed by atoms with Gasteiger partial charge >= 0.3 is 6.18 Å². The van der Waals surface area contributed by atoms with Crippen molar-refractivity contribution < 1.29 is 13.2 Å². The minimum atomic E-state index is -4.52. The molecule has 3 aromatic rings. The molecule has 2 aromatic heterocycles. The van der Waals surface area contributed by atoms with Crippen LogP contribution in [-0.4, -0.2) is 19.3 Å². The van der Waals surface area contributed by atoms with Gasteiger partial charge in [0.15, 0.2) is 0 Å². The van der Waals surface area contributed by atoms with Crippen LogP contribution in [0.25, 0.3) is 5.69 Å². The van der Waals surface area contributed by atoms with Crippen LogP contribution in [0.1, 0.15) is 36.7 Å². The van der Waals surface area contributed by atoms with E-state index in [1.807, 2.05) is 17.7 Å². The average Bonchev–Trinajstić information content (AvgIpc) is 3.04. The molecule has 1 aromatic carbocycles. The van der Waals surface area contributed by atoms with Crippen molar-refractivity contribution in [3.8, 4) is 5.69 Å². The molecule has 0 saturated heterocycles. The topological polar surface area (TPSA) is 52.7 Å². The van der Waals surface area contributed by atoms with E-state index >= 15 is 0 Å². The zero-order chi connectivity index (χ0) is 20.1. The highest BCUT2D eigenvalue weighted by molar-refractivity contribution is 5.44. The Kier molecular flexibility index (Phi) is 4.17. The van der Waals surface area contributed by atoms with Crippen LogP contribution in [0.5, 0.6) is 0 Å². The molecule has 1 saturated carbocycles. The van der Waals surface area contributed by atoms with Crippen molar-refractivity contribution in [3.05, 3.63) is 76.2 Å². The van der Waals surface area contributed by atoms with Crippen LogP contribution in [-0.2, 0) is 18.6 Å². The number of nitrogens with zero attached hydrogens (tertiary/aromatic N) is 4. The molecular weight excluding hydrogens is 369 g/mol. The standard InChI is InChI=1S/C20H19F3N4O/c1-13-9-19(10-13,18-25-24-12-26(18)2)14-4-3-5-16(8-14)27-11-15(20(21,22)23)6-7-17(27)28/h3-8,11-13H,9-10H2,1-2H3. The second-order valence-electron chi connectivity index (χ2n) is 7.54. The number of benzene rings is 1. The lowest BCUT2D eigenvalue weighted by Crippen LogP contribution is -2.43. The van der Waals surface area contributed by atoms with Crippen molar-refractivity contribution in [1.29, 1.82) is 0 Å². The highest BCUT2D eigenvalue weighted by atomic mass is 19.4. The molecule has 1 fully saturated rings. The van der Waals surface area contributed by atoms with Crippen molar-refractivity contribution >= 4 is 0 Å². The summed E-state index contributed by atoms with van der Waals surface area (Å²) in [6, 6.07) is 8.86. The van der Waals surface area contributed by atoms with E-state index in [1.165, 1.54) is 0 Å². The number of pyridine rings is 1. The number of hydrogen-bond acceptors (Lipinski definition) is 3. The molecule has 4 rings (SSSR count). The lowest BCUT2D eigenvalue weighted by atomic mass is 9.58. The van der Waals surface area contributed by atoms with Crippen LogP contribution in [0, 0.1) is 5.92 Å². The Balaban J connectivity index is 1.83. The quantitative estimate of drug-likeness (QED) is 0.688. The Hall–Kier alpha value is -2.90. The first-order chi connectivity index (χ1) is 13.2. The first-order valence-corrected chi connectivity index (χ1v) is 8.96.